The molecule has 0 radical (unpaired) electrons. The van der Waals surface area contributed by atoms with Crippen molar-refractivity contribution in [3.8, 4) is 0 Å². The molecule has 0 fully saturated rings. The second-order valence-corrected chi connectivity index (χ2v) is 6.14. The zero-order chi connectivity index (χ0) is 16.8. The summed E-state index contributed by atoms with van der Waals surface area (Å²) in [5, 5.41) is 15.5. The maximum Gasteiger partial charge on any atom is 0.325 e. The average molecular weight is 380 g/mol. The van der Waals surface area contributed by atoms with Crippen molar-refractivity contribution in [1.82, 2.24) is 9.78 Å². The fourth-order valence-electron chi connectivity index (χ4n) is 2.25. The van der Waals surface area contributed by atoms with Crippen LogP contribution in [-0.2, 0) is 22.6 Å². The average Bonchev–Trinajstić information content (AvgIpc) is 2.91. The first-order chi connectivity index (χ1) is 11.0. The number of carboxylic acids is 1. The molecule has 1 heterocycles. The van der Waals surface area contributed by atoms with Crippen LogP contribution in [0.2, 0.25) is 0 Å². The Labute approximate surface area is 142 Å². The lowest BCUT2D eigenvalue weighted by atomic mass is 9.96. The van der Waals surface area contributed by atoms with Gasteiger partial charge in [0.05, 0.1) is 0 Å². The van der Waals surface area contributed by atoms with Crippen molar-refractivity contribution < 1.29 is 14.7 Å². The van der Waals surface area contributed by atoms with Crippen LogP contribution in [-0.4, -0.2) is 26.8 Å². The number of nitrogens with one attached hydrogen (secondary N) is 1. The summed E-state index contributed by atoms with van der Waals surface area (Å²) in [4.78, 5) is 23.0. The number of rotatable bonds is 7. The summed E-state index contributed by atoms with van der Waals surface area (Å²) in [5.74, 6) is -0.905. The number of anilines is 1. The number of halogens is 1. The number of aliphatic carboxylic acids is 1. The molecular formula is C16H18BrN3O3. The highest BCUT2D eigenvalue weighted by molar-refractivity contribution is 9.10. The minimum absolute atomic E-state index is 0.118. The van der Waals surface area contributed by atoms with Crippen molar-refractivity contribution in [1.29, 1.82) is 0 Å². The van der Waals surface area contributed by atoms with Gasteiger partial charge >= 0.3 is 5.97 Å². The number of hydrogen-bond donors (Lipinski definition) is 2. The zero-order valence-corrected chi connectivity index (χ0v) is 14.3. The SMILES string of the molecule is CCC(Cc1cccc(Br)c1)C(=O)Nc1ccn(CC(=O)O)n1. The van der Waals surface area contributed by atoms with Crippen molar-refractivity contribution in [3.05, 3.63) is 46.6 Å². The molecule has 2 rings (SSSR count). The van der Waals surface area contributed by atoms with E-state index in [9.17, 15) is 9.59 Å². The van der Waals surface area contributed by atoms with Gasteiger partial charge in [-0.2, -0.15) is 5.10 Å². The first-order valence-electron chi connectivity index (χ1n) is 7.28. The topological polar surface area (TPSA) is 84.2 Å². The van der Waals surface area contributed by atoms with E-state index in [0.29, 0.717) is 18.7 Å². The fraction of sp³-hybridized carbons (Fsp3) is 0.312. The minimum Gasteiger partial charge on any atom is -0.480 e. The maximum atomic E-state index is 12.4. The summed E-state index contributed by atoms with van der Waals surface area (Å²) in [5.41, 5.74) is 1.08. The number of benzene rings is 1. The van der Waals surface area contributed by atoms with E-state index < -0.39 is 5.97 Å². The van der Waals surface area contributed by atoms with E-state index in [-0.39, 0.29) is 18.4 Å². The number of carboxylic acid groups (broad SMARTS) is 1. The van der Waals surface area contributed by atoms with Crippen molar-refractivity contribution in [2.24, 2.45) is 5.92 Å². The van der Waals surface area contributed by atoms with Crippen LogP contribution in [0.4, 0.5) is 5.82 Å². The van der Waals surface area contributed by atoms with Crippen molar-refractivity contribution in [2.75, 3.05) is 5.32 Å². The molecule has 0 saturated carbocycles. The van der Waals surface area contributed by atoms with Gasteiger partial charge in [0.2, 0.25) is 5.91 Å². The van der Waals surface area contributed by atoms with Gasteiger partial charge in [0.1, 0.15) is 6.54 Å². The number of hydrogen-bond acceptors (Lipinski definition) is 3. The van der Waals surface area contributed by atoms with Crippen LogP contribution in [0.5, 0.6) is 0 Å². The number of aromatic nitrogens is 2. The van der Waals surface area contributed by atoms with Gasteiger partial charge in [0.25, 0.3) is 0 Å². The Morgan fingerprint density at radius 2 is 2.17 bits per heavy atom. The summed E-state index contributed by atoms with van der Waals surface area (Å²) in [6, 6.07) is 9.46. The molecule has 2 N–H and O–H groups in total. The van der Waals surface area contributed by atoms with Gasteiger partial charge in [-0.05, 0) is 30.5 Å². The molecule has 122 valence electrons. The lowest BCUT2D eigenvalue weighted by Crippen LogP contribution is -2.24. The van der Waals surface area contributed by atoms with Crippen LogP contribution < -0.4 is 5.32 Å². The Hall–Kier alpha value is -2.15. The van der Waals surface area contributed by atoms with Gasteiger partial charge < -0.3 is 10.4 Å². The van der Waals surface area contributed by atoms with Gasteiger partial charge in [-0.3, -0.25) is 14.3 Å². The molecule has 1 unspecified atom stereocenters. The van der Waals surface area contributed by atoms with Crippen LogP contribution in [0.1, 0.15) is 18.9 Å². The molecule has 1 atom stereocenters. The molecular weight excluding hydrogens is 362 g/mol. The monoisotopic (exact) mass is 379 g/mol. The molecule has 7 heteroatoms. The molecule has 1 aromatic carbocycles. The van der Waals surface area contributed by atoms with E-state index in [1.165, 1.54) is 10.9 Å². The first-order valence-corrected chi connectivity index (χ1v) is 8.07. The Bertz CT molecular complexity index is 699. The van der Waals surface area contributed by atoms with Crippen LogP contribution in [0, 0.1) is 5.92 Å². The molecule has 0 aliphatic carbocycles. The highest BCUT2D eigenvalue weighted by atomic mass is 79.9. The third-order valence-electron chi connectivity index (χ3n) is 3.42. The van der Waals surface area contributed by atoms with Crippen LogP contribution in [0.25, 0.3) is 0 Å². The molecule has 0 aliphatic heterocycles. The van der Waals surface area contributed by atoms with Gasteiger partial charge in [0.15, 0.2) is 5.82 Å². The molecule has 0 bridgehead atoms. The van der Waals surface area contributed by atoms with Gasteiger partial charge in [-0.1, -0.05) is 35.0 Å². The third-order valence-corrected chi connectivity index (χ3v) is 3.92. The van der Waals surface area contributed by atoms with E-state index in [4.69, 9.17) is 5.11 Å². The van der Waals surface area contributed by atoms with Crippen LogP contribution in [0.15, 0.2) is 41.0 Å². The second kappa shape index (κ2) is 7.92. The Balaban J connectivity index is 1.99. The third kappa shape index (κ3) is 5.21. The van der Waals surface area contributed by atoms with Crippen LogP contribution in [0.3, 0.4) is 0 Å². The Kier molecular flexibility index (Phi) is 5.92. The molecule has 1 amide bonds. The lowest BCUT2D eigenvalue weighted by molar-refractivity contribution is -0.137. The van der Waals surface area contributed by atoms with Crippen molar-refractivity contribution in [3.63, 3.8) is 0 Å². The predicted octanol–water partition coefficient (Wildman–Crippen LogP) is 2.94. The molecule has 0 saturated heterocycles. The quantitative estimate of drug-likeness (QED) is 0.774. The van der Waals surface area contributed by atoms with Crippen LogP contribution >= 0.6 is 15.9 Å². The lowest BCUT2D eigenvalue weighted by Gasteiger charge is -2.14. The summed E-state index contributed by atoms with van der Waals surface area (Å²) >= 11 is 3.43. The molecule has 0 spiro atoms. The standard InChI is InChI=1S/C16H18BrN3O3/c1-2-12(8-11-4-3-5-13(17)9-11)16(23)18-14-6-7-20(19-14)10-15(21)22/h3-7,9,12H,2,8,10H2,1H3,(H,21,22)(H,18,19,23). The fourth-order valence-corrected chi connectivity index (χ4v) is 2.70. The minimum atomic E-state index is -0.980. The van der Waals surface area contributed by atoms with Crippen molar-refractivity contribution in [2.45, 2.75) is 26.3 Å². The smallest absolute Gasteiger partial charge is 0.325 e. The largest absolute Gasteiger partial charge is 0.480 e. The second-order valence-electron chi connectivity index (χ2n) is 5.22. The maximum absolute atomic E-state index is 12.4. The van der Waals surface area contributed by atoms with Crippen molar-refractivity contribution >= 4 is 33.6 Å². The van der Waals surface area contributed by atoms with E-state index in [1.807, 2.05) is 31.2 Å². The first kappa shape index (κ1) is 17.2. The summed E-state index contributed by atoms with van der Waals surface area (Å²) in [6.07, 6.45) is 2.87. The highest BCUT2D eigenvalue weighted by Gasteiger charge is 2.18. The molecule has 0 aliphatic rings. The number of carbonyl (C=O) groups is 2. The number of nitrogens with zero attached hydrogens (tertiary/aromatic N) is 2. The normalized spacial score (nSPS) is 11.9. The van der Waals surface area contributed by atoms with E-state index in [0.717, 1.165) is 10.0 Å². The van der Waals surface area contributed by atoms with Gasteiger partial charge in [0, 0.05) is 22.7 Å². The van der Waals surface area contributed by atoms with E-state index >= 15 is 0 Å². The molecule has 2 aromatic rings. The number of carbonyl (C=O) groups excluding carboxylic acids is 1. The Morgan fingerprint density at radius 3 is 2.83 bits per heavy atom. The number of amides is 1. The molecule has 1 aromatic heterocycles. The molecule has 23 heavy (non-hydrogen) atoms. The van der Waals surface area contributed by atoms with Gasteiger partial charge in [-0.25, -0.2) is 0 Å². The summed E-state index contributed by atoms with van der Waals surface area (Å²) < 4.78 is 2.25. The van der Waals surface area contributed by atoms with E-state index in [1.54, 1.807) is 6.07 Å². The molecule has 6 nitrogen and oxygen atoms in total. The predicted molar refractivity (Wildman–Crippen MR) is 90.1 cm³/mol. The van der Waals surface area contributed by atoms with Gasteiger partial charge in [-0.15, -0.1) is 0 Å². The summed E-state index contributed by atoms with van der Waals surface area (Å²) in [7, 11) is 0. The Morgan fingerprint density at radius 1 is 1.39 bits per heavy atom. The zero-order valence-electron chi connectivity index (χ0n) is 12.7. The highest BCUT2D eigenvalue weighted by Crippen LogP contribution is 2.18. The summed E-state index contributed by atoms with van der Waals surface area (Å²) in [6.45, 7) is 1.73. The van der Waals surface area contributed by atoms with E-state index in [2.05, 4.69) is 26.3 Å².